The normalized spacial score (nSPS) is 11.3. The first-order valence-corrected chi connectivity index (χ1v) is 5.75. The maximum absolute atomic E-state index is 11.4. The predicted octanol–water partition coefficient (Wildman–Crippen LogP) is 2.12. The van der Waals surface area contributed by atoms with Crippen LogP contribution in [0.5, 0.6) is 5.75 Å². The number of hydrogen-bond donors (Lipinski definition) is 2. The maximum atomic E-state index is 11.4. The summed E-state index contributed by atoms with van der Waals surface area (Å²) in [7, 11) is 1.58. The van der Waals surface area contributed by atoms with Crippen molar-refractivity contribution < 1.29 is 9.53 Å². The highest BCUT2D eigenvalue weighted by atomic mass is 35.5. The highest BCUT2D eigenvalue weighted by Gasteiger charge is 2.07. The Hall–Kier alpha value is -0.970. The third-order valence-corrected chi connectivity index (χ3v) is 2.46. The summed E-state index contributed by atoms with van der Waals surface area (Å²) < 4.78 is 5.18. The summed E-state index contributed by atoms with van der Waals surface area (Å²) >= 11 is 5.89. The van der Waals surface area contributed by atoms with Crippen molar-refractivity contribution in [2.24, 2.45) is 5.73 Å². The fourth-order valence-corrected chi connectivity index (χ4v) is 1.64. The number of amides is 1. The number of hydrogen-bond acceptors (Lipinski definition) is 3. The molecule has 0 radical (unpaired) electrons. The Morgan fingerprint density at radius 2 is 2.22 bits per heavy atom. The smallest absolute Gasteiger partial charge is 0.221 e. The summed E-state index contributed by atoms with van der Waals surface area (Å²) in [5.41, 5.74) is 6.38. The molecule has 0 aliphatic rings. The Kier molecular flexibility index (Phi) is 7.75. The molecular formula is C12H18Cl2N2O2. The molecule has 0 heterocycles. The molecule has 1 atom stereocenters. The SMILES string of the molecule is COc1ccc(Cl)cc1CNC(=O)CC(C)N.Cl. The van der Waals surface area contributed by atoms with Crippen LogP contribution in [0.4, 0.5) is 0 Å². The summed E-state index contributed by atoms with van der Waals surface area (Å²) in [6.07, 6.45) is 0.308. The van der Waals surface area contributed by atoms with Crippen molar-refractivity contribution in [1.29, 1.82) is 0 Å². The van der Waals surface area contributed by atoms with Crippen LogP contribution in [-0.4, -0.2) is 19.1 Å². The summed E-state index contributed by atoms with van der Waals surface area (Å²) in [6.45, 7) is 2.18. The summed E-state index contributed by atoms with van der Waals surface area (Å²) in [4.78, 5) is 11.4. The molecule has 0 saturated heterocycles. The van der Waals surface area contributed by atoms with E-state index in [1.165, 1.54) is 0 Å². The largest absolute Gasteiger partial charge is 0.496 e. The van der Waals surface area contributed by atoms with Crippen molar-refractivity contribution in [2.45, 2.75) is 25.9 Å². The molecule has 102 valence electrons. The molecule has 0 aliphatic carbocycles. The van der Waals surface area contributed by atoms with Crippen molar-refractivity contribution in [3.05, 3.63) is 28.8 Å². The second-order valence-electron chi connectivity index (χ2n) is 3.91. The zero-order chi connectivity index (χ0) is 12.8. The van der Waals surface area contributed by atoms with Gasteiger partial charge in [0.2, 0.25) is 5.91 Å². The number of benzene rings is 1. The van der Waals surface area contributed by atoms with E-state index in [4.69, 9.17) is 22.1 Å². The van der Waals surface area contributed by atoms with Gasteiger partial charge in [0, 0.05) is 29.6 Å². The molecule has 0 fully saturated rings. The van der Waals surface area contributed by atoms with Crippen LogP contribution in [0, 0.1) is 0 Å². The zero-order valence-electron chi connectivity index (χ0n) is 10.4. The van der Waals surface area contributed by atoms with Gasteiger partial charge in [-0.2, -0.15) is 0 Å². The van der Waals surface area contributed by atoms with Crippen LogP contribution in [-0.2, 0) is 11.3 Å². The molecular weight excluding hydrogens is 275 g/mol. The lowest BCUT2D eigenvalue weighted by molar-refractivity contribution is -0.121. The van der Waals surface area contributed by atoms with Gasteiger partial charge in [-0.3, -0.25) is 4.79 Å². The van der Waals surface area contributed by atoms with Crippen LogP contribution < -0.4 is 15.8 Å². The van der Waals surface area contributed by atoms with Crippen LogP contribution in [0.15, 0.2) is 18.2 Å². The lowest BCUT2D eigenvalue weighted by Gasteiger charge is -2.11. The Balaban J connectivity index is 0.00000289. The number of carbonyl (C=O) groups is 1. The van der Waals surface area contributed by atoms with Crippen molar-refractivity contribution in [1.82, 2.24) is 5.32 Å². The van der Waals surface area contributed by atoms with Crippen LogP contribution >= 0.6 is 24.0 Å². The number of nitrogens with two attached hydrogens (primary N) is 1. The third-order valence-electron chi connectivity index (χ3n) is 2.23. The fourth-order valence-electron chi connectivity index (χ4n) is 1.44. The quantitative estimate of drug-likeness (QED) is 0.874. The fraction of sp³-hybridized carbons (Fsp3) is 0.417. The molecule has 1 amide bonds. The van der Waals surface area contributed by atoms with Crippen molar-refractivity contribution in [2.75, 3.05) is 7.11 Å². The lowest BCUT2D eigenvalue weighted by atomic mass is 10.2. The van der Waals surface area contributed by atoms with E-state index >= 15 is 0 Å². The van der Waals surface area contributed by atoms with Gasteiger partial charge in [-0.1, -0.05) is 11.6 Å². The average Bonchev–Trinajstić information content (AvgIpc) is 2.25. The molecule has 18 heavy (non-hydrogen) atoms. The van der Waals surface area contributed by atoms with E-state index in [9.17, 15) is 4.79 Å². The Labute approximate surface area is 118 Å². The number of nitrogens with one attached hydrogen (secondary N) is 1. The van der Waals surface area contributed by atoms with Gasteiger partial charge in [0.05, 0.1) is 7.11 Å². The summed E-state index contributed by atoms with van der Waals surface area (Å²) in [5, 5.41) is 3.39. The molecule has 3 N–H and O–H groups in total. The zero-order valence-corrected chi connectivity index (χ0v) is 12.0. The van der Waals surface area contributed by atoms with Crippen LogP contribution in [0.3, 0.4) is 0 Å². The molecule has 1 aromatic carbocycles. The lowest BCUT2D eigenvalue weighted by Crippen LogP contribution is -2.29. The van der Waals surface area contributed by atoms with E-state index in [0.717, 1.165) is 5.56 Å². The Morgan fingerprint density at radius 1 is 1.56 bits per heavy atom. The van der Waals surface area contributed by atoms with Crippen molar-refractivity contribution >= 4 is 29.9 Å². The first-order valence-electron chi connectivity index (χ1n) is 5.37. The van der Waals surface area contributed by atoms with Gasteiger partial charge in [0.15, 0.2) is 0 Å². The highest BCUT2D eigenvalue weighted by Crippen LogP contribution is 2.22. The molecule has 0 spiro atoms. The molecule has 0 aromatic heterocycles. The van der Waals surface area contributed by atoms with Crippen LogP contribution in [0.2, 0.25) is 5.02 Å². The molecule has 0 aliphatic heterocycles. The van der Waals surface area contributed by atoms with Gasteiger partial charge in [0.25, 0.3) is 0 Å². The van der Waals surface area contributed by atoms with Gasteiger partial charge in [0.1, 0.15) is 5.75 Å². The first-order chi connectivity index (χ1) is 8.02. The Bertz CT molecular complexity index is 398. The number of carbonyl (C=O) groups excluding carboxylic acids is 1. The van der Waals surface area contributed by atoms with Gasteiger partial charge in [-0.25, -0.2) is 0 Å². The van der Waals surface area contributed by atoms with Crippen LogP contribution in [0.25, 0.3) is 0 Å². The number of ether oxygens (including phenoxy) is 1. The maximum Gasteiger partial charge on any atom is 0.221 e. The molecule has 0 bridgehead atoms. The van der Waals surface area contributed by atoms with E-state index in [1.54, 1.807) is 32.2 Å². The van der Waals surface area contributed by atoms with Gasteiger partial charge < -0.3 is 15.8 Å². The molecule has 0 saturated carbocycles. The molecule has 1 unspecified atom stereocenters. The minimum atomic E-state index is -0.142. The third kappa shape index (κ3) is 5.58. The van der Waals surface area contributed by atoms with E-state index in [0.29, 0.717) is 23.7 Å². The second kappa shape index (κ2) is 8.19. The standard InChI is InChI=1S/C12H17ClN2O2.ClH/c1-8(14)5-12(16)15-7-9-6-10(13)3-4-11(9)17-2;/h3-4,6,8H,5,7,14H2,1-2H3,(H,15,16);1H. The van der Waals surface area contributed by atoms with Gasteiger partial charge in [-0.05, 0) is 25.1 Å². The predicted molar refractivity (Wildman–Crippen MR) is 75.4 cm³/mol. The van der Waals surface area contributed by atoms with Crippen LogP contribution in [0.1, 0.15) is 18.9 Å². The van der Waals surface area contributed by atoms with Crippen molar-refractivity contribution in [3.63, 3.8) is 0 Å². The summed E-state index contributed by atoms with van der Waals surface area (Å²) in [6, 6.07) is 5.14. The number of halogens is 2. The summed E-state index contributed by atoms with van der Waals surface area (Å²) in [5.74, 6) is 0.623. The molecule has 4 nitrogen and oxygen atoms in total. The van der Waals surface area contributed by atoms with E-state index in [1.807, 2.05) is 0 Å². The van der Waals surface area contributed by atoms with Gasteiger partial charge in [-0.15, -0.1) is 12.4 Å². The Morgan fingerprint density at radius 3 is 2.78 bits per heavy atom. The van der Waals surface area contributed by atoms with Gasteiger partial charge >= 0.3 is 0 Å². The van der Waals surface area contributed by atoms with E-state index in [-0.39, 0.29) is 24.4 Å². The first kappa shape index (κ1) is 17.0. The molecule has 1 rings (SSSR count). The van der Waals surface area contributed by atoms with E-state index in [2.05, 4.69) is 5.32 Å². The monoisotopic (exact) mass is 292 g/mol. The minimum Gasteiger partial charge on any atom is -0.496 e. The highest BCUT2D eigenvalue weighted by molar-refractivity contribution is 6.30. The topological polar surface area (TPSA) is 64.3 Å². The number of methoxy groups -OCH3 is 1. The van der Waals surface area contributed by atoms with Crippen molar-refractivity contribution in [3.8, 4) is 5.75 Å². The average molecular weight is 293 g/mol. The van der Waals surface area contributed by atoms with E-state index < -0.39 is 0 Å². The number of rotatable bonds is 5. The molecule has 6 heteroatoms. The molecule has 1 aromatic rings. The second-order valence-corrected chi connectivity index (χ2v) is 4.35. The minimum absolute atomic E-state index is 0.